The Morgan fingerprint density at radius 2 is 1.14 bits per heavy atom. The van der Waals surface area contributed by atoms with Crippen molar-refractivity contribution in [3.05, 3.63) is 150 Å². The molecule has 0 aliphatic heterocycles. The van der Waals surface area contributed by atoms with Gasteiger partial charge in [-0.2, -0.15) is 0 Å². The second-order valence-corrected chi connectivity index (χ2v) is 19.1. The SMILES string of the molecule is CC(C)(C)c1cc(C=Nc2c(-c3nc4c(-c5ccc(-c6ccccc6)c6ccccc56)cc(C(C)(C)C)cc4s3)ccc3ccccc23)c(O)c(C(C)(C)C)c1. The highest BCUT2D eigenvalue weighted by Crippen LogP contribution is 2.46. The molecule has 0 spiro atoms. The molecule has 3 nitrogen and oxygen atoms in total. The Bertz CT molecular complexity index is 2810. The Hall–Kier alpha value is -5.58. The predicted molar refractivity (Wildman–Crippen MR) is 242 cm³/mol. The highest BCUT2D eigenvalue weighted by atomic mass is 32.1. The maximum atomic E-state index is 11.7. The van der Waals surface area contributed by atoms with Crippen LogP contribution < -0.4 is 0 Å². The number of hydrogen-bond acceptors (Lipinski definition) is 4. The molecule has 0 saturated carbocycles. The monoisotopic (exact) mass is 750 g/mol. The molecule has 4 heteroatoms. The summed E-state index contributed by atoms with van der Waals surface area (Å²) in [5.74, 6) is 0.279. The third-order valence-electron chi connectivity index (χ3n) is 10.9. The average Bonchev–Trinajstić information content (AvgIpc) is 3.60. The maximum absolute atomic E-state index is 11.7. The molecule has 0 radical (unpaired) electrons. The van der Waals surface area contributed by atoms with E-state index in [9.17, 15) is 5.11 Å². The van der Waals surface area contributed by atoms with Crippen LogP contribution >= 0.6 is 11.3 Å². The number of phenols is 1. The van der Waals surface area contributed by atoms with Crippen LogP contribution in [0.2, 0.25) is 0 Å². The Balaban J connectivity index is 1.35. The third-order valence-corrected chi connectivity index (χ3v) is 12.0. The van der Waals surface area contributed by atoms with Gasteiger partial charge in [0.2, 0.25) is 0 Å². The van der Waals surface area contributed by atoms with E-state index in [0.717, 1.165) is 53.9 Å². The summed E-state index contributed by atoms with van der Waals surface area (Å²) in [5.41, 5.74) is 11.2. The van der Waals surface area contributed by atoms with Gasteiger partial charge in [-0.05, 0) is 84.5 Å². The number of aromatic hydroxyl groups is 1. The molecular weight excluding hydrogens is 701 g/mol. The highest BCUT2D eigenvalue weighted by Gasteiger charge is 2.26. The van der Waals surface area contributed by atoms with E-state index in [0.29, 0.717) is 5.56 Å². The van der Waals surface area contributed by atoms with Crippen molar-refractivity contribution in [2.45, 2.75) is 78.6 Å². The minimum atomic E-state index is -0.240. The lowest BCUT2D eigenvalue weighted by molar-refractivity contribution is 0.444. The summed E-state index contributed by atoms with van der Waals surface area (Å²) in [5, 5.41) is 17.2. The molecule has 280 valence electrons. The number of fused-ring (bicyclic) bond motifs is 3. The zero-order valence-electron chi connectivity index (χ0n) is 34.0. The summed E-state index contributed by atoms with van der Waals surface area (Å²) < 4.78 is 1.15. The van der Waals surface area contributed by atoms with Crippen LogP contribution in [0.5, 0.6) is 5.75 Å². The zero-order valence-corrected chi connectivity index (χ0v) is 34.8. The second kappa shape index (κ2) is 13.9. The minimum absolute atomic E-state index is 0.0687. The van der Waals surface area contributed by atoms with Gasteiger partial charge in [-0.15, -0.1) is 11.3 Å². The van der Waals surface area contributed by atoms with Gasteiger partial charge < -0.3 is 5.11 Å². The van der Waals surface area contributed by atoms with Gasteiger partial charge in [0, 0.05) is 33.9 Å². The van der Waals surface area contributed by atoms with Crippen LogP contribution in [0.25, 0.3) is 64.6 Å². The number of aliphatic imine (C=N–C) groups is 1. The van der Waals surface area contributed by atoms with Gasteiger partial charge in [0.15, 0.2) is 0 Å². The number of phenolic OH excluding ortho intramolecular Hbond substituents is 1. The Morgan fingerprint density at radius 1 is 0.554 bits per heavy atom. The first-order valence-corrected chi connectivity index (χ1v) is 20.4. The van der Waals surface area contributed by atoms with Crippen molar-refractivity contribution in [3.8, 4) is 38.6 Å². The van der Waals surface area contributed by atoms with Gasteiger partial charge in [0.25, 0.3) is 0 Å². The van der Waals surface area contributed by atoms with Crippen molar-refractivity contribution in [2.75, 3.05) is 0 Å². The molecular formula is C52H50N2OS. The molecule has 0 unspecified atom stereocenters. The number of benzene rings is 7. The molecule has 1 heterocycles. The molecule has 8 rings (SSSR count). The standard InChI is InChI=1S/C52H50N2OS/c1-50(2,3)35-27-34(48(55)44(29-35)52(7,8)9)31-53-46-38-20-14-13-19-33(38)23-24-42(46)49-54-47-43(28-36(51(4,5)6)30-45(47)56-49)41-26-25-37(32-17-11-10-12-18-32)39-21-15-16-22-40(39)41/h10-31,55H,1-9H3. The average molecular weight is 751 g/mol. The summed E-state index contributed by atoms with van der Waals surface area (Å²) in [6, 6.07) is 45.6. The van der Waals surface area contributed by atoms with E-state index in [-0.39, 0.29) is 22.0 Å². The second-order valence-electron chi connectivity index (χ2n) is 18.1. The van der Waals surface area contributed by atoms with Crippen LogP contribution in [0, 0.1) is 0 Å². The van der Waals surface area contributed by atoms with Crippen LogP contribution in [0.15, 0.2) is 132 Å². The lowest BCUT2D eigenvalue weighted by Crippen LogP contribution is -2.17. The summed E-state index contributed by atoms with van der Waals surface area (Å²) in [6.45, 7) is 19.9. The van der Waals surface area contributed by atoms with Crippen LogP contribution in [0.3, 0.4) is 0 Å². The molecule has 56 heavy (non-hydrogen) atoms. The van der Waals surface area contributed by atoms with Crippen molar-refractivity contribution in [1.29, 1.82) is 0 Å². The molecule has 8 aromatic rings. The lowest BCUT2D eigenvalue weighted by Gasteiger charge is -2.27. The predicted octanol–water partition coefficient (Wildman–Crippen LogP) is 15.0. The van der Waals surface area contributed by atoms with Crippen molar-refractivity contribution in [3.63, 3.8) is 0 Å². The normalized spacial score (nSPS) is 12.7. The van der Waals surface area contributed by atoms with E-state index in [2.05, 4.69) is 190 Å². The number of aromatic nitrogens is 1. The zero-order chi connectivity index (χ0) is 39.6. The van der Waals surface area contributed by atoms with Crippen molar-refractivity contribution >= 4 is 55.0 Å². The molecule has 0 atom stereocenters. The molecule has 0 fully saturated rings. The molecule has 0 aliphatic carbocycles. The van der Waals surface area contributed by atoms with Crippen molar-refractivity contribution < 1.29 is 5.11 Å². The van der Waals surface area contributed by atoms with E-state index < -0.39 is 0 Å². The van der Waals surface area contributed by atoms with Crippen LogP contribution in [0.1, 0.15) is 84.6 Å². The van der Waals surface area contributed by atoms with Crippen LogP contribution in [0.4, 0.5) is 5.69 Å². The Morgan fingerprint density at radius 3 is 1.82 bits per heavy atom. The number of rotatable bonds is 5. The van der Waals surface area contributed by atoms with E-state index >= 15 is 0 Å². The molecule has 0 saturated heterocycles. The Kier molecular flexibility index (Phi) is 9.25. The Labute approximate surface area is 335 Å². The van der Waals surface area contributed by atoms with Gasteiger partial charge in [-0.3, -0.25) is 4.99 Å². The molecule has 0 amide bonds. The minimum Gasteiger partial charge on any atom is -0.507 e. The first-order chi connectivity index (χ1) is 26.6. The number of nitrogens with zero attached hydrogens (tertiary/aromatic N) is 2. The first kappa shape index (κ1) is 37.3. The number of thiazole rings is 1. The molecule has 1 aromatic heterocycles. The van der Waals surface area contributed by atoms with E-state index in [1.54, 1.807) is 11.3 Å². The fourth-order valence-corrected chi connectivity index (χ4v) is 8.71. The molecule has 0 aliphatic rings. The molecule has 1 N–H and O–H groups in total. The van der Waals surface area contributed by atoms with E-state index in [1.807, 2.05) is 6.21 Å². The van der Waals surface area contributed by atoms with Gasteiger partial charge in [-0.25, -0.2) is 4.98 Å². The number of hydrogen-bond donors (Lipinski definition) is 1. The van der Waals surface area contributed by atoms with Gasteiger partial charge in [0.1, 0.15) is 10.8 Å². The summed E-state index contributed by atoms with van der Waals surface area (Å²) in [7, 11) is 0. The van der Waals surface area contributed by atoms with Crippen molar-refractivity contribution in [2.24, 2.45) is 4.99 Å². The molecule has 0 bridgehead atoms. The van der Waals surface area contributed by atoms with Gasteiger partial charge in [0.05, 0.1) is 15.9 Å². The fourth-order valence-electron chi connectivity index (χ4n) is 7.65. The van der Waals surface area contributed by atoms with Crippen molar-refractivity contribution in [1.82, 2.24) is 4.98 Å². The maximum Gasteiger partial charge on any atom is 0.128 e. The van der Waals surface area contributed by atoms with Crippen LogP contribution in [-0.2, 0) is 16.2 Å². The lowest BCUT2D eigenvalue weighted by atomic mass is 9.79. The van der Waals surface area contributed by atoms with Gasteiger partial charge >= 0.3 is 0 Å². The summed E-state index contributed by atoms with van der Waals surface area (Å²) >= 11 is 1.72. The summed E-state index contributed by atoms with van der Waals surface area (Å²) in [6.07, 6.45) is 1.85. The van der Waals surface area contributed by atoms with E-state index in [4.69, 9.17) is 9.98 Å². The fraction of sp³-hybridized carbons (Fsp3) is 0.231. The first-order valence-electron chi connectivity index (χ1n) is 19.5. The topological polar surface area (TPSA) is 45.5 Å². The smallest absolute Gasteiger partial charge is 0.128 e. The summed E-state index contributed by atoms with van der Waals surface area (Å²) in [4.78, 5) is 10.8. The quantitative estimate of drug-likeness (QED) is 0.178. The molecule has 7 aromatic carbocycles. The van der Waals surface area contributed by atoms with Crippen LogP contribution in [-0.4, -0.2) is 16.3 Å². The third kappa shape index (κ3) is 6.92. The highest BCUT2D eigenvalue weighted by molar-refractivity contribution is 7.21. The van der Waals surface area contributed by atoms with Gasteiger partial charge in [-0.1, -0.05) is 165 Å². The van der Waals surface area contributed by atoms with E-state index in [1.165, 1.54) is 33.0 Å². The largest absolute Gasteiger partial charge is 0.507 e.